The topological polar surface area (TPSA) is 77.2 Å². The minimum absolute atomic E-state index is 0.121. The van der Waals surface area contributed by atoms with E-state index in [-0.39, 0.29) is 18.1 Å². The first-order valence-electron chi connectivity index (χ1n) is 8.46. The number of unbranched alkanes of at least 4 members (excludes halogenated alkanes) is 1. The highest BCUT2D eigenvalue weighted by atomic mass is 35.5. The molecule has 0 saturated heterocycles. The number of hydrogen-bond donors (Lipinski definition) is 1. The maximum Gasteiger partial charge on any atom is 0.309 e. The zero-order valence-corrected chi connectivity index (χ0v) is 15.5. The van der Waals surface area contributed by atoms with Gasteiger partial charge in [0.25, 0.3) is 0 Å². The average Bonchev–Trinajstić information content (AvgIpc) is 3.04. The van der Waals surface area contributed by atoms with Gasteiger partial charge in [-0.05, 0) is 48.2 Å². The Bertz CT molecular complexity index is 953. The van der Waals surface area contributed by atoms with E-state index in [4.69, 9.17) is 16.3 Å². The summed E-state index contributed by atoms with van der Waals surface area (Å²) in [6.45, 7) is 2.09. The van der Waals surface area contributed by atoms with Crippen LogP contribution in [0, 0.1) is 0 Å². The molecule has 0 atom stereocenters. The molecule has 0 aliphatic rings. The number of carbonyl (C=O) groups excluding carboxylic acids is 1. The van der Waals surface area contributed by atoms with Crippen molar-refractivity contribution >= 4 is 28.6 Å². The van der Waals surface area contributed by atoms with Gasteiger partial charge in [0.1, 0.15) is 22.5 Å². The first kappa shape index (κ1) is 18.2. The number of phenols is 1. The fourth-order valence-corrected chi connectivity index (χ4v) is 2.96. The molecule has 136 valence electrons. The average molecular weight is 374 g/mol. The second-order valence-electron chi connectivity index (χ2n) is 6.10. The predicted molar refractivity (Wildman–Crippen MR) is 99.9 cm³/mol. The van der Waals surface area contributed by atoms with Crippen LogP contribution in [0.3, 0.4) is 0 Å². The van der Waals surface area contributed by atoms with E-state index in [0.29, 0.717) is 28.2 Å². The number of benzene rings is 2. The Morgan fingerprint density at radius 1 is 1.23 bits per heavy atom. The Kier molecular flexibility index (Phi) is 5.42. The maximum absolute atomic E-state index is 11.7. The molecule has 0 bridgehead atoms. The smallest absolute Gasteiger partial charge is 0.309 e. The number of fused-ring (bicyclic) bond motifs is 1. The fraction of sp³-hybridized carbons (Fsp3) is 0.316. The van der Waals surface area contributed by atoms with E-state index in [1.807, 2.05) is 6.07 Å². The fourth-order valence-electron chi connectivity index (χ4n) is 2.79. The normalized spacial score (nSPS) is 11.0. The second-order valence-corrected chi connectivity index (χ2v) is 6.54. The lowest BCUT2D eigenvalue weighted by molar-refractivity contribution is -0.139. The zero-order chi connectivity index (χ0) is 18.7. The molecule has 0 aliphatic carbocycles. The molecular formula is C19H20ClN3O3. The Morgan fingerprint density at radius 2 is 2.00 bits per heavy atom. The third-order valence-electron chi connectivity index (χ3n) is 4.16. The number of halogens is 1. The quantitative estimate of drug-likeness (QED) is 0.664. The molecule has 0 amide bonds. The Morgan fingerprint density at radius 3 is 2.73 bits per heavy atom. The number of carbonyl (C=O) groups is 1. The first-order valence-corrected chi connectivity index (χ1v) is 8.84. The van der Waals surface area contributed by atoms with Crippen molar-refractivity contribution in [3.05, 3.63) is 46.5 Å². The molecule has 2 aromatic carbocycles. The molecule has 3 rings (SSSR count). The molecule has 0 radical (unpaired) electrons. The summed E-state index contributed by atoms with van der Waals surface area (Å²) in [5, 5.41) is 20.1. The van der Waals surface area contributed by atoms with E-state index in [0.717, 1.165) is 24.0 Å². The molecule has 3 aromatic rings. The largest absolute Gasteiger partial charge is 0.505 e. The SMILES string of the molecule is CCCCc1cc(CC(=O)OC)cc(-n2nc3ccc(Cl)cc3n2)c1O. The van der Waals surface area contributed by atoms with Crippen LogP contribution >= 0.6 is 11.6 Å². The van der Waals surface area contributed by atoms with Crippen molar-refractivity contribution in [1.29, 1.82) is 0 Å². The van der Waals surface area contributed by atoms with Crippen LogP contribution in [0.15, 0.2) is 30.3 Å². The molecule has 7 heteroatoms. The van der Waals surface area contributed by atoms with Crippen LogP contribution < -0.4 is 0 Å². The van der Waals surface area contributed by atoms with Gasteiger partial charge in [0.05, 0.1) is 13.5 Å². The van der Waals surface area contributed by atoms with Gasteiger partial charge in [-0.3, -0.25) is 4.79 Å². The molecule has 0 fully saturated rings. The highest BCUT2D eigenvalue weighted by Crippen LogP contribution is 2.30. The number of rotatable bonds is 6. The van der Waals surface area contributed by atoms with E-state index < -0.39 is 0 Å². The van der Waals surface area contributed by atoms with Crippen molar-refractivity contribution in [2.45, 2.75) is 32.6 Å². The van der Waals surface area contributed by atoms with Gasteiger partial charge in [-0.25, -0.2) is 0 Å². The second kappa shape index (κ2) is 7.74. The molecule has 0 unspecified atom stereocenters. The number of esters is 1. The van der Waals surface area contributed by atoms with E-state index >= 15 is 0 Å². The Labute approximate surface area is 156 Å². The molecule has 26 heavy (non-hydrogen) atoms. The number of methoxy groups -OCH3 is 1. The molecule has 0 spiro atoms. The summed E-state index contributed by atoms with van der Waals surface area (Å²) in [7, 11) is 1.35. The highest BCUT2D eigenvalue weighted by Gasteiger charge is 2.16. The van der Waals surface area contributed by atoms with Crippen molar-refractivity contribution in [3.8, 4) is 11.4 Å². The van der Waals surface area contributed by atoms with Gasteiger partial charge in [0, 0.05) is 5.02 Å². The Hall–Kier alpha value is -2.60. The molecule has 1 heterocycles. The summed E-state index contributed by atoms with van der Waals surface area (Å²) in [4.78, 5) is 13.1. The van der Waals surface area contributed by atoms with Crippen LogP contribution in [0.25, 0.3) is 16.7 Å². The van der Waals surface area contributed by atoms with Gasteiger partial charge >= 0.3 is 5.97 Å². The lowest BCUT2D eigenvalue weighted by Crippen LogP contribution is -2.08. The molecular weight excluding hydrogens is 354 g/mol. The van der Waals surface area contributed by atoms with Crippen LogP contribution in [-0.2, 0) is 22.4 Å². The van der Waals surface area contributed by atoms with Gasteiger partial charge in [-0.15, -0.1) is 15.0 Å². The van der Waals surface area contributed by atoms with E-state index in [1.165, 1.54) is 11.9 Å². The van der Waals surface area contributed by atoms with E-state index in [2.05, 4.69) is 17.1 Å². The third kappa shape index (κ3) is 3.80. The van der Waals surface area contributed by atoms with E-state index in [1.54, 1.807) is 24.3 Å². The Balaban J connectivity index is 2.10. The first-order chi connectivity index (χ1) is 12.5. The van der Waals surface area contributed by atoms with Gasteiger partial charge in [-0.1, -0.05) is 31.0 Å². The zero-order valence-electron chi connectivity index (χ0n) is 14.7. The van der Waals surface area contributed by atoms with Crippen LogP contribution in [0.5, 0.6) is 5.75 Å². The van der Waals surface area contributed by atoms with E-state index in [9.17, 15) is 9.90 Å². The van der Waals surface area contributed by atoms with Crippen molar-refractivity contribution in [3.63, 3.8) is 0 Å². The maximum atomic E-state index is 11.7. The van der Waals surface area contributed by atoms with Crippen LogP contribution in [0.1, 0.15) is 30.9 Å². The van der Waals surface area contributed by atoms with Crippen LogP contribution in [0.4, 0.5) is 0 Å². The monoisotopic (exact) mass is 373 g/mol. The number of phenolic OH excluding ortho intramolecular Hbond substituents is 1. The van der Waals surface area contributed by atoms with Gasteiger partial charge in [0.15, 0.2) is 0 Å². The number of aromatic hydroxyl groups is 1. The van der Waals surface area contributed by atoms with Crippen molar-refractivity contribution < 1.29 is 14.6 Å². The number of aryl methyl sites for hydroxylation is 1. The number of nitrogens with zero attached hydrogens (tertiary/aromatic N) is 3. The van der Waals surface area contributed by atoms with Crippen LogP contribution in [-0.4, -0.2) is 33.2 Å². The molecule has 0 saturated carbocycles. The van der Waals surface area contributed by atoms with Crippen molar-refractivity contribution in [2.75, 3.05) is 7.11 Å². The summed E-state index contributed by atoms with van der Waals surface area (Å²) >= 11 is 6.01. The standard InChI is InChI=1S/C19H20ClN3O3/c1-3-4-5-13-8-12(10-18(24)26-2)9-17(19(13)25)23-21-15-7-6-14(20)11-16(15)22-23/h6-9,11,25H,3-5,10H2,1-2H3. The molecule has 0 aliphatic heterocycles. The van der Waals surface area contributed by atoms with Crippen molar-refractivity contribution in [1.82, 2.24) is 15.0 Å². The summed E-state index contributed by atoms with van der Waals surface area (Å²) in [5.41, 5.74) is 3.25. The lowest BCUT2D eigenvalue weighted by atomic mass is 10.0. The number of aromatic nitrogens is 3. The van der Waals surface area contributed by atoms with Crippen LogP contribution in [0.2, 0.25) is 5.02 Å². The summed E-state index contributed by atoms with van der Waals surface area (Å²) in [6, 6.07) is 8.78. The third-order valence-corrected chi connectivity index (χ3v) is 4.40. The van der Waals surface area contributed by atoms with Crippen molar-refractivity contribution in [2.24, 2.45) is 0 Å². The summed E-state index contributed by atoms with van der Waals surface area (Å²) in [5.74, 6) is -0.216. The lowest BCUT2D eigenvalue weighted by Gasteiger charge is -2.12. The number of ether oxygens (including phenoxy) is 1. The predicted octanol–water partition coefficient (Wildman–Crippen LogP) is 3.84. The number of hydrogen-bond acceptors (Lipinski definition) is 5. The molecule has 1 aromatic heterocycles. The minimum Gasteiger partial charge on any atom is -0.505 e. The summed E-state index contributed by atoms with van der Waals surface area (Å²) < 4.78 is 4.76. The minimum atomic E-state index is -0.339. The van der Waals surface area contributed by atoms with Gasteiger partial charge in [0.2, 0.25) is 0 Å². The summed E-state index contributed by atoms with van der Waals surface area (Å²) in [6.07, 6.45) is 2.75. The van der Waals surface area contributed by atoms with Gasteiger partial charge in [-0.2, -0.15) is 0 Å². The van der Waals surface area contributed by atoms with Gasteiger partial charge < -0.3 is 9.84 Å². The molecule has 1 N–H and O–H groups in total. The molecule has 6 nitrogen and oxygen atoms in total. The highest BCUT2D eigenvalue weighted by molar-refractivity contribution is 6.31.